The largest absolute Gasteiger partial charge is 0.266 e. The number of hydrogen-bond donors (Lipinski definition) is 0. The Bertz CT molecular complexity index is 787. The maximum atomic E-state index is 12.9. The van der Waals surface area contributed by atoms with Gasteiger partial charge in [-0.1, -0.05) is 35.9 Å². The highest BCUT2D eigenvalue weighted by Gasteiger charge is 2.29. The molecule has 3 nitrogen and oxygen atoms in total. The van der Waals surface area contributed by atoms with Crippen molar-refractivity contribution in [1.82, 2.24) is 0 Å². The van der Waals surface area contributed by atoms with Crippen molar-refractivity contribution < 1.29 is 8.42 Å². The van der Waals surface area contributed by atoms with E-state index in [4.69, 9.17) is 11.6 Å². The molecule has 0 saturated heterocycles. The molecule has 0 spiro atoms. The predicted molar refractivity (Wildman–Crippen MR) is 85.5 cm³/mol. The first kappa shape index (κ1) is 14.4. The van der Waals surface area contributed by atoms with E-state index >= 15 is 0 Å². The van der Waals surface area contributed by atoms with Crippen LogP contribution in [0.15, 0.2) is 47.4 Å². The lowest BCUT2D eigenvalue weighted by Crippen LogP contribution is -2.35. The van der Waals surface area contributed by atoms with Crippen LogP contribution in [-0.2, 0) is 16.4 Å². The first-order chi connectivity index (χ1) is 10.00. The van der Waals surface area contributed by atoms with Gasteiger partial charge in [-0.25, -0.2) is 8.42 Å². The van der Waals surface area contributed by atoms with Gasteiger partial charge >= 0.3 is 0 Å². The molecule has 0 saturated carbocycles. The molecule has 0 N–H and O–H groups in total. The monoisotopic (exact) mass is 321 g/mol. The summed E-state index contributed by atoms with van der Waals surface area (Å²) in [6.45, 7) is 2.36. The summed E-state index contributed by atoms with van der Waals surface area (Å²) in [6.07, 6.45) is 1.74. The van der Waals surface area contributed by atoms with Gasteiger partial charge in [-0.2, -0.15) is 0 Å². The summed E-state index contributed by atoms with van der Waals surface area (Å²) in [5.41, 5.74) is 2.72. The van der Waals surface area contributed by atoms with E-state index in [1.54, 1.807) is 12.1 Å². The Morgan fingerprint density at radius 2 is 1.90 bits per heavy atom. The van der Waals surface area contributed by atoms with Gasteiger partial charge in [0.2, 0.25) is 0 Å². The van der Waals surface area contributed by atoms with Crippen LogP contribution in [0.2, 0.25) is 5.02 Å². The van der Waals surface area contributed by atoms with Crippen molar-refractivity contribution in [3.63, 3.8) is 0 Å². The third kappa shape index (κ3) is 2.54. The average molecular weight is 322 g/mol. The SMILES string of the molecule is Cc1ccc(S(=O)(=O)N2CCCc3ccccc32)cc1Cl. The second kappa shape index (κ2) is 5.35. The molecule has 1 aliphatic rings. The van der Waals surface area contributed by atoms with Crippen molar-refractivity contribution >= 4 is 27.3 Å². The number of hydrogen-bond acceptors (Lipinski definition) is 2. The summed E-state index contributed by atoms with van der Waals surface area (Å²) in [5.74, 6) is 0. The van der Waals surface area contributed by atoms with Gasteiger partial charge < -0.3 is 0 Å². The van der Waals surface area contributed by atoms with Crippen LogP contribution in [0.5, 0.6) is 0 Å². The molecule has 1 heterocycles. The Morgan fingerprint density at radius 3 is 2.67 bits per heavy atom. The zero-order chi connectivity index (χ0) is 15.0. The van der Waals surface area contributed by atoms with E-state index in [0.717, 1.165) is 29.7 Å². The second-order valence-corrected chi connectivity index (χ2v) is 7.49. The lowest BCUT2D eigenvalue weighted by Gasteiger charge is -2.30. The number of fused-ring (bicyclic) bond motifs is 1. The van der Waals surface area contributed by atoms with Crippen LogP contribution in [0.1, 0.15) is 17.5 Å². The van der Waals surface area contributed by atoms with Crippen molar-refractivity contribution in [3.05, 3.63) is 58.6 Å². The lowest BCUT2D eigenvalue weighted by molar-refractivity contribution is 0.586. The summed E-state index contributed by atoms with van der Waals surface area (Å²) in [5, 5.41) is 0.473. The molecule has 0 atom stereocenters. The van der Waals surface area contributed by atoms with Gasteiger partial charge in [0.05, 0.1) is 10.6 Å². The van der Waals surface area contributed by atoms with E-state index in [9.17, 15) is 8.42 Å². The van der Waals surface area contributed by atoms with Crippen LogP contribution in [0.3, 0.4) is 0 Å². The number of anilines is 1. The molecule has 2 aromatic rings. The van der Waals surface area contributed by atoms with Crippen LogP contribution < -0.4 is 4.31 Å². The van der Waals surface area contributed by atoms with Gasteiger partial charge in [-0.3, -0.25) is 4.31 Å². The highest BCUT2D eigenvalue weighted by molar-refractivity contribution is 7.92. The third-order valence-electron chi connectivity index (χ3n) is 3.80. The number of benzene rings is 2. The minimum atomic E-state index is -3.57. The highest BCUT2D eigenvalue weighted by atomic mass is 35.5. The van der Waals surface area contributed by atoms with Gasteiger partial charge in [0, 0.05) is 11.6 Å². The first-order valence-electron chi connectivity index (χ1n) is 6.87. The molecule has 5 heteroatoms. The molecule has 0 radical (unpaired) electrons. The summed E-state index contributed by atoms with van der Waals surface area (Å²) in [4.78, 5) is 0.245. The van der Waals surface area contributed by atoms with Crippen LogP contribution in [-0.4, -0.2) is 15.0 Å². The molecule has 0 amide bonds. The summed E-state index contributed by atoms with van der Waals surface area (Å²) in [6, 6.07) is 12.6. The van der Waals surface area contributed by atoms with Crippen LogP contribution in [0.4, 0.5) is 5.69 Å². The Hall–Kier alpha value is -1.52. The third-order valence-corrected chi connectivity index (χ3v) is 6.02. The molecular formula is C16H16ClNO2S. The average Bonchev–Trinajstić information content (AvgIpc) is 2.49. The van der Waals surface area contributed by atoms with E-state index < -0.39 is 10.0 Å². The standard InChI is InChI=1S/C16H16ClNO2S/c1-12-8-9-14(11-15(12)17)21(19,20)18-10-4-6-13-5-2-3-7-16(13)18/h2-3,5,7-9,11H,4,6,10H2,1H3. The van der Waals surface area contributed by atoms with Gasteiger partial charge in [0.1, 0.15) is 0 Å². The second-order valence-electron chi connectivity index (χ2n) is 5.22. The molecule has 3 rings (SSSR count). The number of sulfonamides is 1. The predicted octanol–water partition coefficient (Wildman–Crippen LogP) is 3.79. The molecule has 0 aliphatic carbocycles. The quantitative estimate of drug-likeness (QED) is 0.844. The maximum absolute atomic E-state index is 12.9. The number of rotatable bonds is 2. The molecule has 0 unspecified atom stereocenters. The van der Waals surface area contributed by atoms with Gasteiger partial charge in [0.15, 0.2) is 0 Å². The van der Waals surface area contributed by atoms with E-state index in [-0.39, 0.29) is 4.90 Å². The molecule has 2 aromatic carbocycles. The van der Waals surface area contributed by atoms with Crippen molar-refractivity contribution in [3.8, 4) is 0 Å². The van der Waals surface area contributed by atoms with Crippen molar-refractivity contribution in [2.45, 2.75) is 24.7 Å². The van der Waals surface area contributed by atoms with Crippen LogP contribution in [0, 0.1) is 6.92 Å². The molecule has 110 valence electrons. The van der Waals surface area contributed by atoms with Crippen molar-refractivity contribution in [2.75, 3.05) is 10.8 Å². The Labute approximate surface area is 130 Å². The van der Waals surface area contributed by atoms with E-state index in [2.05, 4.69) is 0 Å². The fourth-order valence-electron chi connectivity index (χ4n) is 2.61. The first-order valence-corrected chi connectivity index (χ1v) is 8.69. The topological polar surface area (TPSA) is 37.4 Å². The molecule has 21 heavy (non-hydrogen) atoms. The number of halogens is 1. The Morgan fingerprint density at radius 1 is 1.14 bits per heavy atom. The summed E-state index contributed by atoms with van der Waals surface area (Å²) in [7, 11) is -3.57. The Kier molecular flexibility index (Phi) is 3.68. The maximum Gasteiger partial charge on any atom is 0.264 e. The van der Waals surface area contributed by atoms with Crippen molar-refractivity contribution in [2.24, 2.45) is 0 Å². The zero-order valence-corrected chi connectivity index (χ0v) is 13.3. The Balaban J connectivity index is 2.09. The van der Waals surface area contributed by atoms with Crippen LogP contribution in [0.25, 0.3) is 0 Å². The smallest absolute Gasteiger partial charge is 0.264 e. The number of aryl methyl sites for hydroxylation is 2. The lowest BCUT2D eigenvalue weighted by atomic mass is 10.0. The summed E-state index contributed by atoms with van der Waals surface area (Å²) >= 11 is 6.08. The highest BCUT2D eigenvalue weighted by Crippen LogP contribution is 2.32. The molecule has 1 aliphatic heterocycles. The molecular weight excluding hydrogens is 306 g/mol. The van der Waals surface area contributed by atoms with Crippen molar-refractivity contribution in [1.29, 1.82) is 0 Å². The summed E-state index contributed by atoms with van der Waals surface area (Å²) < 4.78 is 27.3. The van der Waals surface area contributed by atoms with E-state index in [1.807, 2.05) is 31.2 Å². The molecule has 0 bridgehead atoms. The van der Waals surface area contributed by atoms with Gasteiger partial charge in [-0.05, 0) is 49.1 Å². The van der Waals surface area contributed by atoms with Gasteiger partial charge in [-0.15, -0.1) is 0 Å². The van der Waals surface area contributed by atoms with Gasteiger partial charge in [0.25, 0.3) is 10.0 Å². The number of para-hydroxylation sites is 1. The zero-order valence-electron chi connectivity index (χ0n) is 11.7. The minimum absolute atomic E-state index is 0.245. The molecule has 0 fully saturated rings. The normalized spacial score (nSPS) is 14.9. The van der Waals surface area contributed by atoms with Crippen LogP contribution >= 0.6 is 11.6 Å². The fraction of sp³-hybridized carbons (Fsp3) is 0.250. The van der Waals surface area contributed by atoms with E-state index in [0.29, 0.717) is 11.6 Å². The minimum Gasteiger partial charge on any atom is -0.266 e. The number of nitrogens with zero attached hydrogens (tertiary/aromatic N) is 1. The fourth-order valence-corrected chi connectivity index (χ4v) is 4.42. The van der Waals surface area contributed by atoms with E-state index in [1.165, 1.54) is 10.4 Å². The molecule has 0 aromatic heterocycles.